The van der Waals surface area contributed by atoms with Crippen LogP contribution in [0.2, 0.25) is 5.02 Å². The lowest BCUT2D eigenvalue weighted by molar-refractivity contribution is 0.202. The lowest BCUT2D eigenvalue weighted by Crippen LogP contribution is -2.34. The zero-order chi connectivity index (χ0) is 14.1. The smallest absolute Gasteiger partial charge is 0.178 e. The second-order valence-corrected chi connectivity index (χ2v) is 6.44. The average molecular weight is 310 g/mol. The Kier molecular flexibility index (Phi) is 4.15. The molecule has 1 atom stereocenters. The van der Waals surface area contributed by atoms with Crippen molar-refractivity contribution in [2.45, 2.75) is 32.2 Å². The topological polar surface area (TPSA) is 24.0 Å². The molecule has 108 valence electrons. The van der Waals surface area contributed by atoms with Crippen LogP contribution in [0.4, 0.5) is 0 Å². The molecule has 0 aliphatic carbocycles. The van der Waals surface area contributed by atoms with Crippen LogP contribution in [0, 0.1) is 4.77 Å². The average Bonchev–Trinajstić information content (AvgIpc) is 2.77. The number of fused-ring (bicyclic) bond motifs is 1. The van der Waals surface area contributed by atoms with Crippen molar-refractivity contribution >= 4 is 34.9 Å². The highest BCUT2D eigenvalue weighted by molar-refractivity contribution is 7.71. The molecule has 1 saturated heterocycles. The lowest BCUT2D eigenvalue weighted by Gasteiger charge is -2.29. The van der Waals surface area contributed by atoms with Gasteiger partial charge in [-0.25, -0.2) is 0 Å². The molecule has 0 saturated carbocycles. The molecule has 3 rings (SSSR count). The van der Waals surface area contributed by atoms with Crippen molar-refractivity contribution in [1.82, 2.24) is 14.5 Å². The van der Waals surface area contributed by atoms with E-state index in [1.807, 2.05) is 18.2 Å². The van der Waals surface area contributed by atoms with Gasteiger partial charge >= 0.3 is 0 Å². The summed E-state index contributed by atoms with van der Waals surface area (Å²) in [5.41, 5.74) is 2.05. The number of aromatic amines is 1. The number of halogens is 1. The second kappa shape index (κ2) is 5.88. The molecule has 0 bridgehead atoms. The maximum atomic E-state index is 6.36. The van der Waals surface area contributed by atoms with Crippen molar-refractivity contribution in [3.63, 3.8) is 0 Å². The third kappa shape index (κ3) is 2.65. The summed E-state index contributed by atoms with van der Waals surface area (Å²) in [4.78, 5) is 5.79. The molecule has 3 nitrogen and oxygen atoms in total. The Morgan fingerprint density at radius 2 is 2.05 bits per heavy atom. The number of benzene rings is 1. The van der Waals surface area contributed by atoms with Crippen LogP contribution in [0.5, 0.6) is 0 Å². The first kappa shape index (κ1) is 14.1. The van der Waals surface area contributed by atoms with Gasteiger partial charge in [0.25, 0.3) is 0 Å². The molecule has 2 aromatic rings. The normalized spacial score (nSPS) is 18.5. The number of hydrogen-bond acceptors (Lipinski definition) is 2. The van der Waals surface area contributed by atoms with E-state index in [9.17, 15) is 0 Å². The summed E-state index contributed by atoms with van der Waals surface area (Å²) in [5.74, 6) is 0. The number of nitrogens with zero attached hydrogens (tertiary/aromatic N) is 2. The van der Waals surface area contributed by atoms with Gasteiger partial charge in [-0.2, -0.15) is 0 Å². The molecule has 0 spiro atoms. The van der Waals surface area contributed by atoms with Gasteiger partial charge in [0.05, 0.1) is 16.1 Å². The maximum Gasteiger partial charge on any atom is 0.178 e. The van der Waals surface area contributed by atoms with Crippen molar-refractivity contribution in [2.75, 3.05) is 19.6 Å². The van der Waals surface area contributed by atoms with E-state index in [1.54, 1.807) is 0 Å². The molecule has 1 N–H and O–H groups in total. The molecule has 1 aromatic carbocycles. The quantitative estimate of drug-likeness (QED) is 0.850. The van der Waals surface area contributed by atoms with Crippen LogP contribution in [0.15, 0.2) is 18.2 Å². The minimum absolute atomic E-state index is 0.328. The highest BCUT2D eigenvalue weighted by atomic mass is 35.5. The standard InChI is InChI=1S/C15H20ClN3S/c1-11(10-18-8-3-2-4-9-18)19-14-12(16)6-5-7-13(14)17-15(19)20/h5-7,11H,2-4,8-10H2,1H3,(H,17,20). The highest BCUT2D eigenvalue weighted by Crippen LogP contribution is 2.27. The van der Waals surface area contributed by atoms with Crippen molar-refractivity contribution in [1.29, 1.82) is 0 Å². The Hall–Kier alpha value is -0.840. The molecule has 20 heavy (non-hydrogen) atoms. The van der Waals surface area contributed by atoms with Crippen LogP contribution in [-0.2, 0) is 0 Å². The Bertz CT molecular complexity index is 655. The number of para-hydroxylation sites is 1. The largest absolute Gasteiger partial charge is 0.331 e. The summed E-state index contributed by atoms with van der Waals surface area (Å²) < 4.78 is 2.93. The van der Waals surface area contributed by atoms with Crippen LogP contribution in [0.3, 0.4) is 0 Å². The lowest BCUT2D eigenvalue weighted by atomic mass is 10.1. The van der Waals surface area contributed by atoms with Gasteiger partial charge in [-0.1, -0.05) is 24.1 Å². The van der Waals surface area contributed by atoms with Crippen molar-refractivity contribution in [3.8, 4) is 0 Å². The Morgan fingerprint density at radius 3 is 2.80 bits per heavy atom. The molecule has 1 aliphatic heterocycles. The van der Waals surface area contributed by atoms with E-state index in [0.717, 1.165) is 27.4 Å². The van der Waals surface area contributed by atoms with Crippen LogP contribution in [0.1, 0.15) is 32.2 Å². The monoisotopic (exact) mass is 309 g/mol. The number of piperidine rings is 1. The minimum Gasteiger partial charge on any atom is -0.331 e. The number of H-pyrrole nitrogens is 1. The molecule has 1 aliphatic rings. The fourth-order valence-corrected chi connectivity index (χ4v) is 3.80. The number of likely N-dealkylation sites (tertiary alicyclic amines) is 1. The van der Waals surface area contributed by atoms with Gasteiger partial charge in [0.15, 0.2) is 4.77 Å². The van der Waals surface area contributed by atoms with E-state index in [0.29, 0.717) is 6.04 Å². The van der Waals surface area contributed by atoms with Crippen LogP contribution >= 0.6 is 23.8 Å². The molecule has 1 fully saturated rings. The fraction of sp³-hybridized carbons (Fsp3) is 0.533. The molecule has 1 unspecified atom stereocenters. The van der Waals surface area contributed by atoms with E-state index < -0.39 is 0 Å². The first-order valence-electron chi connectivity index (χ1n) is 7.28. The molecular formula is C15H20ClN3S. The van der Waals surface area contributed by atoms with Crippen LogP contribution in [-0.4, -0.2) is 34.1 Å². The van der Waals surface area contributed by atoms with Crippen molar-refractivity contribution in [3.05, 3.63) is 28.0 Å². The predicted molar refractivity (Wildman–Crippen MR) is 87.1 cm³/mol. The third-order valence-electron chi connectivity index (χ3n) is 4.10. The van der Waals surface area contributed by atoms with Gasteiger partial charge < -0.3 is 14.5 Å². The zero-order valence-electron chi connectivity index (χ0n) is 11.7. The van der Waals surface area contributed by atoms with Gasteiger partial charge in [-0.15, -0.1) is 0 Å². The van der Waals surface area contributed by atoms with Gasteiger partial charge in [0.1, 0.15) is 0 Å². The summed E-state index contributed by atoms with van der Waals surface area (Å²) in [7, 11) is 0. The Labute approximate surface area is 129 Å². The molecule has 2 heterocycles. The maximum absolute atomic E-state index is 6.36. The van der Waals surface area contributed by atoms with Crippen molar-refractivity contribution in [2.24, 2.45) is 0 Å². The number of rotatable bonds is 3. The number of aromatic nitrogens is 2. The summed E-state index contributed by atoms with van der Waals surface area (Å²) in [6.45, 7) is 5.66. The first-order chi connectivity index (χ1) is 9.66. The van der Waals surface area contributed by atoms with E-state index in [2.05, 4.69) is 21.4 Å². The van der Waals surface area contributed by atoms with E-state index in [4.69, 9.17) is 23.8 Å². The summed E-state index contributed by atoms with van der Waals surface area (Å²) >= 11 is 11.8. The molecule has 5 heteroatoms. The highest BCUT2D eigenvalue weighted by Gasteiger charge is 2.18. The van der Waals surface area contributed by atoms with E-state index >= 15 is 0 Å². The predicted octanol–water partition coefficient (Wildman–Crippen LogP) is 4.40. The number of hydrogen-bond donors (Lipinski definition) is 1. The molecule has 1 aromatic heterocycles. The number of nitrogens with one attached hydrogen (secondary N) is 1. The Morgan fingerprint density at radius 1 is 1.30 bits per heavy atom. The second-order valence-electron chi connectivity index (χ2n) is 5.65. The number of imidazole rings is 1. The van der Waals surface area contributed by atoms with E-state index in [-0.39, 0.29) is 0 Å². The first-order valence-corrected chi connectivity index (χ1v) is 8.06. The van der Waals surface area contributed by atoms with E-state index in [1.165, 1.54) is 32.4 Å². The van der Waals surface area contributed by atoms with Gasteiger partial charge in [0.2, 0.25) is 0 Å². The van der Waals surface area contributed by atoms with Crippen LogP contribution < -0.4 is 0 Å². The molecule has 0 amide bonds. The summed E-state index contributed by atoms with van der Waals surface area (Å²) in [5, 5.41) is 0.764. The van der Waals surface area contributed by atoms with Gasteiger partial charge in [0, 0.05) is 12.6 Å². The fourth-order valence-electron chi connectivity index (χ4n) is 3.16. The Balaban J connectivity index is 1.92. The molecular weight excluding hydrogens is 290 g/mol. The zero-order valence-corrected chi connectivity index (χ0v) is 13.3. The van der Waals surface area contributed by atoms with Gasteiger partial charge in [-0.05, 0) is 57.2 Å². The summed E-state index contributed by atoms with van der Waals surface area (Å²) in [6.07, 6.45) is 3.99. The van der Waals surface area contributed by atoms with Gasteiger partial charge in [-0.3, -0.25) is 0 Å². The minimum atomic E-state index is 0.328. The SMILES string of the molecule is CC(CN1CCCCC1)n1c(=S)[nH]c2cccc(Cl)c21. The van der Waals surface area contributed by atoms with Crippen molar-refractivity contribution < 1.29 is 0 Å². The molecule has 0 radical (unpaired) electrons. The third-order valence-corrected chi connectivity index (χ3v) is 4.70. The van der Waals surface area contributed by atoms with Crippen LogP contribution in [0.25, 0.3) is 11.0 Å². The summed E-state index contributed by atoms with van der Waals surface area (Å²) in [6, 6.07) is 6.24.